The Morgan fingerprint density at radius 1 is 1.35 bits per heavy atom. The van der Waals surface area contributed by atoms with E-state index in [2.05, 4.69) is 6.07 Å². The van der Waals surface area contributed by atoms with Gasteiger partial charge in [0.15, 0.2) is 0 Å². The van der Waals surface area contributed by atoms with E-state index in [1.54, 1.807) is 12.1 Å². The second-order valence-corrected chi connectivity index (χ2v) is 4.93. The van der Waals surface area contributed by atoms with Crippen molar-refractivity contribution in [1.29, 1.82) is 5.26 Å². The van der Waals surface area contributed by atoms with Crippen LogP contribution >= 0.6 is 0 Å². The van der Waals surface area contributed by atoms with Crippen LogP contribution in [0.4, 0.5) is 4.39 Å². The van der Waals surface area contributed by atoms with Crippen molar-refractivity contribution >= 4 is 10.9 Å². The number of halogens is 1. The molecule has 17 heavy (non-hydrogen) atoms. The molecule has 0 atom stereocenters. The molecule has 2 aromatic rings. The molecule has 0 aliphatic rings. The Balaban J connectivity index is 2.27. The van der Waals surface area contributed by atoms with Gasteiger partial charge in [0.2, 0.25) is 0 Å². The van der Waals surface area contributed by atoms with Gasteiger partial charge in [-0.15, -0.1) is 0 Å². The molecule has 0 spiro atoms. The van der Waals surface area contributed by atoms with Crippen LogP contribution in [0, 0.1) is 22.6 Å². The lowest BCUT2D eigenvalue weighted by Gasteiger charge is -2.15. The van der Waals surface area contributed by atoms with Crippen molar-refractivity contribution in [2.45, 2.75) is 26.8 Å². The molecule has 0 aliphatic heterocycles. The predicted molar refractivity (Wildman–Crippen MR) is 65.9 cm³/mol. The van der Waals surface area contributed by atoms with Crippen molar-refractivity contribution in [3.63, 3.8) is 0 Å². The fraction of sp³-hybridized carbons (Fsp3) is 0.357. The quantitative estimate of drug-likeness (QED) is 0.790. The van der Waals surface area contributed by atoms with Gasteiger partial charge in [-0.3, -0.25) is 0 Å². The highest BCUT2D eigenvalue weighted by Crippen LogP contribution is 2.23. The van der Waals surface area contributed by atoms with Gasteiger partial charge in [-0.2, -0.15) is 5.26 Å². The molecular weight excluding hydrogens is 215 g/mol. The lowest BCUT2D eigenvalue weighted by Crippen LogP contribution is -2.11. The van der Waals surface area contributed by atoms with E-state index < -0.39 is 0 Å². The first-order chi connectivity index (χ1) is 8.03. The summed E-state index contributed by atoms with van der Waals surface area (Å²) in [7, 11) is 0. The van der Waals surface area contributed by atoms with E-state index in [1.807, 2.05) is 30.7 Å². The molecule has 0 unspecified atom stereocenters. The number of nitrogens with zero attached hydrogens (tertiary/aromatic N) is 2. The SMILES string of the molecule is CC(C)(C#N)CCn1ccc2c(F)cccc21. The van der Waals surface area contributed by atoms with Gasteiger partial charge in [-0.25, -0.2) is 4.39 Å². The molecule has 0 saturated carbocycles. The van der Waals surface area contributed by atoms with Crippen molar-refractivity contribution in [2.75, 3.05) is 0 Å². The van der Waals surface area contributed by atoms with Crippen molar-refractivity contribution < 1.29 is 4.39 Å². The number of nitriles is 1. The van der Waals surface area contributed by atoms with E-state index in [9.17, 15) is 4.39 Å². The largest absolute Gasteiger partial charge is 0.347 e. The molecular formula is C14H15FN2. The summed E-state index contributed by atoms with van der Waals surface area (Å²) in [4.78, 5) is 0. The maximum absolute atomic E-state index is 13.5. The average molecular weight is 230 g/mol. The summed E-state index contributed by atoms with van der Waals surface area (Å²) in [5.41, 5.74) is 0.544. The standard InChI is InChI=1S/C14H15FN2/c1-14(2,10-16)7-9-17-8-6-11-12(15)4-3-5-13(11)17/h3-6,8H,7,9H2,1-2H3. The van der Waals surface area contributed by atoms with Crippen LogP contribution < -0.4 is 0 Å². The van der Waals surface area contributed by atoms with Gasteiger partial charge in [0, 0.05) is 18.1 Å². The van der Waals surface area contributed by atoms with Gasteiger partial charge in [0.1, 0.15) is 5.82 Å². The van der Waals surface area contributed by atoms with Gasteiger partial charge in [0.25, 0.3) is 0 Å². The third kappa shape index (κ3) is 2.31. The molecule has 0 amide bonds. The second kappa shape index (κ2) is 4.21. The molecule has 3 heteroatoms. The van der Waals surface area contributed by atoms with Crippen LogP contribution in [-0.4, -0.2) is 4.57 Å². The van der Waals surface area contributed by atoms with E-state index >= 15 is 0 Å². The lowest BCUT2D eigenvalue weighted by atomic mass is 9.91. The van der Waals surface area contributed by atoms with Gasteiger partial charge >= 0.3 is 0 Å². The summed E-state index contributed by atoms with van der Waals surface area (Å²) in [6.45, 7) is 4.56. The first-order valence-electron chi connectivity index (χ1n) is 5.68. The van der Waals surface area contributed by atoms with E-state index in [4.69, 9.17) is 5.26 Å². The molecule has 0 N–H and O–H groups in total. The minimum atomic E-state index is -0.343. The predicted octanol–water partition coefficient (Wildman–Crippen LogP) is 3.72. The number of fused-ring (bicyclic) bond motifs is 1. The lowest BCUT2D eigenvalue weighted by molar-refractivity contribution is 0.417. The zero-order valence-electron chi connectivity index (χ0n) is 10.1. The number of aromatic nitrogens is 1. The number of rotatable bonds is 3. The van der Waals surface area contributed by atoms with Crippen LogP contribution in [0.3, 0.4) is 0 Å². The highest BCUT2D eigenvalue weighted by molar-refractivity contribution is 5.80. The first-order valence-corrected chi connectivity index (χ1v) is 5.68. The number of aryl methyl sites for hydroxylation is 1. The van der Waals surface area contributed by atoms with E-state index in [0.717, 1.165) is 18.5 Å². The summed E-state index contributed by atoms with van der Waals surface area (Å²) in [6.07, 6.45) is 2.63. The van der Waals surface area contributed by atoms with Crippen molar-refractivity contribution in [3.05, 3.63) is 36.3 Å². The maximum atomic E-state index is 13.5. The first kappa shape index (κ1) is 11.7. The molecule has 0 radical (unpaired) electrons. The smallest absolute Gasteiger partial charge is 0.132 e. The highest BCUT2D eigenvalue weighted by atomic mass is 19.1. The average Bonchev–Trinajstić information content (AvgIpc) is 2.71. The maximum Gasteiger partial charge on any atom is 0.132 e. The zero-order chi connectivity index (χ0) is 12.5. The molecule has 0 aliphatic carbocycles. The molecule has 88 valence electrons. The summed E-state index contributed by atoms with van der Waals surface area (Å²) in [6, 6.07) is 9.13. The number of hydrogen-bond donors (Lipinski definition) is 0. The minimum Gasteiger partial charge on any atom is -0.347 e. The van der Waals surface area contributed by atoms with Crippen LogP contribution in [0.1, 0.15) is 20.3 Å². The molecule has 2 rings (SSSR count). The van der Waals surface area contributed by atoms with E-state index in [-0.39, 0.29) is 11.2 Å². The second-order valence-electron chi connectivity index (χ2n) is 4.93. The molecule has 2 nitrogen and oxygen atoms in total. The van der Waals surface area contributed by atoms with Crippen molar-refractivity contribution in [3.8, 4) is 6.07 Å². The van der Waals surface area contributed by atoms with Crippen LogP contribution in [-0.2, 0) is 6.54 Å². The minimum absolute atomic E-state index is 0.194. The van der Waals surface area contributed by atoms with Crippen molar-refractivity contribution in [1.82, 2.24) is 4.57 Å². The molecule has 1 heterocycles. The van der Waals surface area contributed by atoms with Crippen LogP contribution in [0.5, 0.6) is 0 Å². The van der Waals surface area contributed by atoms with E-state index in [1.165, 1.54) is 6.07 Å². The normalized spacial score (nSPS) is 11.6. The van der Waals surface area contributed by atoms with Crippen LogP contribution in [0.15, 0.2) is 30.5 Å². The number of hydrogen-bond acceptors (Lipinski definition) is 1. The molecule has 1 aromatic heterocycles. The van der Waals surface area contributed by atoms with E-state index in [0.29, 0.717) is 5.39 Å². The molecule has 0 bridgehead atoms. The highest BCUT2D eigenvalue weighted by Gasteiger charge is 2.16. The fourth-order valence-electron chi connectivity index (χ4n) is 1.84. The zero-order valence-corrected chi connectivity index (χ0v) is 10.1. The molecule has 0 fully saturated rings. The van der Waals surface area contributed by atoms with Crippen LogP contribution in [0.25, 0.3) is 10.9 Å². The Morgan fingerprint density at radius 2 is 2.12 bits per heavy atom. The van der Waals surface area contributed by atoms with Gasteiger partial charge in [-0.1, -0.05) is 6.07 Å². The summed E-state index contributed by atoms with van der Waals surface area (Å²) >= 11 is 0. The molecule has 1 aromatic carbocycles. The third-order valence-electron chi connectivity index (χ3n) is 3.04. The summed E-state index contributed by atoms with van der Waals surface area (Å²) in [5.74, 6) is -0.194. The monoisotopic (exact) mass is 230 g/mol. The molecule has 0 saturated heterocycles. The van der Waals surface area contributed by atoms with Crippen LogP contribution in [0.2, 0.25) is 0 Å². The summed E-state index contributed by atoms with van der Waals surface area (Å²) < 4.78 is 15.5. The Labute approximate surface area is 100 Å². The van der Waals surface area contributed by atoms with Gasteiger partial charge < -0.3 is 4.57 Å². The Morgan fingerprint density at radius 3 is 2.82 bits per heavy atom. The van der Waals surface area contributed by atoms with Crippen molar-refractivity contribution in [2.24, 2.45) is 5.41 Å². The fourth-order valence-corrected chi connectivity index (χ4v) is 1.84. The third-order valence-corrected chi connectivity index (χ3v) is 3.04. The Bertz CT molecular complexity index is 575. The number of benzene rings is 1. The Hall–Kier alpha value is -1.82. The van der Waals surface area contributed by atoms with Gasteiger partial charge in [0.05, 0.1) is 17.0 Å². The topological polar surface area (TPSA) is 28.7 Å². The van der Waals surface area contributed by atoms with Gasteiger partial charge in [-0.05, 0) is 38.5 Å². The summed E-state index contributed by atoms with van der Waals surface area (Å²) in [5, 5.41) is 9.60. The Kier molecular flexibility index (Phi) is 2.89.